The second-order valence-corrected chi connectivity index (χ2v) is 8.64. The van der Waals surface area contributed by atoms with Crippen LogP contribution in [-0.4, -0.2) is 24.5 Å². The standard InChI is InChI=1S/C14H21NO2S/c1-14(2,3)18(16,17)15(4)13-10-9-11-7-5-6-8-12(11)13/h5-8,13H,9-10H2,1-4H3. The van der Waals surface area contributed by atoms with Crippen LogP contribution in [0.1, 0.15) is 44.4 Å². The van der Waals surface area contributed by atoms with Gasteiger partial charge in [0.25, 0.3) is 0 Å². The van der Waals surface area contributed by atoms with E-state index in [0.717, 1.165) is 18.4 Å². The highest BCUT2D eigenvalue weighted by Gasteiger charge is 2.39. The lowest BCUT2D eigenvalue weighted by molar-refractivity contribution is 0.361. The lowest BCUT2D eigenvalue weighted by Gasteiger charge is -2.31. The first-order valence-corrected chi connectivity index (χ1v) is 7.74. The summed E-state index contributed by atoms with van der Waals surface area (Å²) in [6, 6.07) is 8.12. The molecule has 0 heterocycles. The minimum atomic E-state index is -3.27. The molecule has 1 aromatic carbocycles. The summed E-state index contributed by atoms with van der Waals surface area (Å²) in [6.45, 7) is 5.25. The molecule has 0 spiro atoms. The molecular formula is C14H21NO2S. The van der Waals surface area contributed by atoms with Crippen LogP contribution in [0.5, 0.6) is 0 Å². The van der Waals surface area contributed by atoms with E-state index in [4.69, 9.17) is 0 Å². The summed E-state index contributed by atoms with van der Waals surface area (Å²) in [4.78, 5) is 0. The van der Waals surface area contributed by atoms with Crippen LogP contribution < -0.4 is 0 Å². The van der Waals surface area contributed by atoms with Crippen molar-refractivity contribution >= 4 is 10.0 Å². The molecule has 1 unspecified atom stereocenters. The van der Waals surface area contributed by atoms with Crippen LogP contribution in [-0.2, 0) is 16.4 Å². The van der Waals surface area contributed by atoms with Gasteiger partial charge in [0.05, 0.1) is 4.75 Å². The zero-order chi connectivity index (χ0) is 13.6. The number of fused-ring (bicyclic) bond motifs is 1. The fourth-order valence-corrected chi connectivity index (χ4v) is 3.93. The summed E-state index contributed by atoms with van der Waals surface area (Å²) in [7, 11) is -1.57. The summed E-state index contributed by atoms with van der Waals surface area (Å²) >= 11 is 0. The zero-order valence-corrected chi connectivity index (χ0v) is 12.3. The van der Waals surface area contributed by atoms with E-state index in [-0.39, 0.29) is 6.04 Å². The number of benzene rings is 1. The molecule has 0 N–H and O–H groups in total. The molecular weight excluding hydrogens is 246 g/mol. The van der Waals surface area contributed by atoms with Gasteiger partial charge >= 0.3 is 0 Å². The van der Waals surface area contributed by atoms with Crippen molar-refractivity contribution in [2.45, 2.75) is 44.4 Å². The third-order valence-electron chi connectivity index (χ3n) is 3.69. The Bertz CT molecular complexity index is 543. The van der Waals surface area contributed by atoms with E-state index < -0.39 is 14.8 Å². The van der Waals surface area contributed by atoms with Gasteiger partial charge in [-0.1, -0.05) is 24.3 Å². The molecule has 2 rings (SSSR count). The topological polar surface area (TPSA) is 37.4 Å². The molecule has 0 bridgehead atoms. The van der Waals surface area contributed by atoms with Gasteiger partial charge in [-0.25, -0.2) is 8.42 Å². The van der Waals surface area contributed by atoms with Gasteiger partial charge in [-0.2, -0.15) is 4.31 Å². The number of hydrogen-bond donors (Lipinski definition) is 0. The molecule has 0 fully saturated rings. The van der Waals surface area contributed by atoms with Crippen LogP contribution >= 0.6 is 0 Å². The predicted octanol–water partition coefficient (Wildman–Crippen LogP) is 2.73. The third-order valence-corrected chi connectivity index (χ3v) is 6.25. The molecule has 3 nitrogen and oxygen atoms in total. The van der Waals surface area contributed by atoms with Gasteiger partial charge in [0.1, 0.15) is 0 Å². The van der Waals surface area contributed by atoms with Crippen LogP contribution in [0.25, 0.3) is 0 Å². The van der Waals surface area contributed by atoms with Gasteiger partial charge in [-0.3, -0.25) is 0 Å². The SMILES string of the molecule is CN(C1CCc2ccccc21)S(=O)(=O)C(C)(C)C. The van der Waals surface area contributed by atoms with E-state index in [2.05, 4.69) is 6.07 Å². The Morgan fingerprint density at radius 2 is 1.83 bits per heavy atom. The lowest BCUT2D eigenvalue weighted by Crippen LogP contribution is -2.42. The van der Waals surface area contributed by atoms with Crippen molar-refractivity contribution in [1.29, 1.82) is 0 Å². The van der Waals surface area contributed by atoms with E-state index in [0.29, 0.717) is 0 Å². The molecule has 0 saturated heterocycles. The quantitative estimate of drug-likeness (QED) is 0.826. The molecule has 0 aromatic heterocycles. The van der Waals surface area contributed by atoms with Crippen LogP contribution in [0.4, 0.5) is 0 Å². The average molecular weight is 267 g/mol. The van der Waals surface area contributed by atoms with Crippen molar-refractivity contribution < 1.29 is 8.42 Å². The van der Waals surface area contributed by atoms with Crippen molar-refractivity contribution in [3.63, 3.8) is 0 Å². The molecule has 1 aliphatic carbocycles. The van der Waals surface area contributed by atoms with E-state index in [1.807, 2.05) is 18.2 Å². The number of hydrogen-bond acceptors (Lipinski definition) is 2. The molecule has 0 amide bonds. The van der Waals surface area contributed by atoms with Gasteiger partial charge in [-0.15, -0.1) is 0 Å². The van der Waals surface area contributed by atoms with Gasteiger partial charge in [0, 0.05) is 13.1 Å². The van der Waals surface area contributed by atoms with Gasteiger partial charge in [0.15, 0.2) is 0 Å². The number of sulfonamides is 1. The minimum absolute atomic E-state index is 0.00887. The van der Waals surface area contributed by atoms with Gasteiger partial charge in [0.2, 0.25) is 10.0 Å². The summed E-state index contributed by atoms with van der Waals surface area (Å²) in [5.74, 6) is 0. The first-order chi connectivity index (χ1) is 8.25. The van der Waals surface area contributed by atoms with Crippen molar-refractivity contribution in [3.05, 3.63) is 35.4 Å². The molecule has 0 saturated carbocycles. The highest BCUT2D eigenvalue weighted by molar-refractivity contribution is 7.90. The number of aryl methyl sites for hydroxylation is 1. The maximum atomic E-state index is 12.5. The van der Waals surface area contributed by atoms with Crippen molar-refractivity contribution in [1.82, 2.24) is 4.31 Å². The fraction of sp³-hybridized carbons (Fsp3) is 0.571. The Hall–Kier alpha value is -0.870. The van der Waals surface area contributed by atoms with Crippen LogP contribution in [0, 0.1) is 0 Å². The lowest BCUT2D eigenvalue weighted by atomic mass is 10.1. The third kappa shape index (κ3) is 2.08. The molecule has 0 aliphatic heterocycles. The average Bonchev–Trinajstić information content (AvgIpc) is 2.70. The summed E-state index contributed by atoms with van der Waals surface area (Å²) in [6.07, 6.45) is 1.84. The molecule has 100 valence electrons. The predicted molar refractivity (Wildman–Crippen MR) is 73.9 cm³/mol. The summed E-state index contributed by atoms with van der Waals surface area (Å²) < 4.78 is 25.8. The Morgan fingerprint density at radius 3 is 2.44 bits per heavy atom. The van der Waals surface area contributed by atoms with Crippen LogP contribution in [0.15, 0.2) is 24.3 Å². The van der Waals surface area contributed by atoms with E-state index in [9.17, 15) is 8.42 Å². The normalized spacial score (nSPS) is 20.2. The molecule has 1 atom stereocenters. The monoisotopic (exact) mass is 267 g/mol. The fourth-order valence-electron chi connectivity index (χ4n) is 2.51. The van der Waals surface area contributed by atoms with E-state index in [1.165, 1.54) is 5.56 Å². The van der Waals surface area contributed by atoms with Crippen molar-refractivity contribution in [2.75, 3.05) is 7.05 Å². The second-order valence-electron chi connectivity index (χ2n) is 5.89. The van der Waals surface area contributed by atoms with E-state index >= 15 is 0 Å². The Kier molecular flexibility index (Phi) is 3.28. The van der Waals surface area contributed by atoms with Crippen LogP contribution in [0.2, 0.25) is 0 Å². The molecule has 1 aromatic rings. The highest BCUT2D eigenvalue weighted by Crippen LogP contribution is 2.38. The van der Waals surface area contributed by atoms with Crippen LogP contribution in [0.3, 0.4) is 0 Å². The van der Waals surface area contributed by atoms with Crippen molar-refractivity contribution in [3.8, 4) is 0 Å². The zero-order valence-electron chi connectivity index (χ0n) is 11.5. The second kappa shape index (κ2) is 4.35. The Balaban J connectivity index is 2.36. The molecule has 1 aliphatic rings. The molecule has 18 heavy (non-hydrogen) atoms. The summed E-state index contributed by atoms with van der Waals surface area (Å²) in [5.41, 5.74) is 2.44. The van der Waals surface area contributed by atoms with Gasteiger partial charge in [-0.05, 0) is 44.7 Å². The molecule has 4 heteroatoms. The maximum absolute atomic E-state index is 12.5. The Morgan fingerprint density at radius 1 is 1.22 bits per heavy atom. The first-order valence-electron chi connectivity index (χ1n) is 6.30. The largest absolute Gasteiger partial charge is 0.219 e. The summed E-state index contributed by atoms with van der Waals surface area (Å²) in [5, 5.41) is 0. The maximum Gasteiger partial charge on any atom is 0.219 e. The smallest absolute Gasteiger partial charge is 0.212 e. The highest BCUT2D eigenvalue weighted by atomic mass is 32.2. The van der Waals surface area contributed by atoms with E-state index in [1.54, 1.807) is 32.1 Å². The van der Waals surface area contributed by atoms with Crippen molar-refractivity contribution in [2.24, 2.45) is 0 Å². The number of rotatable bonds is 2. The molecule has 0 radical (unpaired) electrons. The Labute approximate surface area is 110 Å². The number of nitrogens with zero attached hydrogens (tertiary/aromatic N) is 1. The van der Waals surface area contributed by atoms with Gasteiger partial charge < -0.3 is 0 Å². The first kappa shape index (κ1) is 13.6. The minimum Gasteiger partial charge on any atom is -0.212 e.